The van der Waals surface area contributed by atoms with Gasteiger partial charge >= 0.3 is 12.1 Å². The predicted molar refractivity (Wildman–Crippen MR) is 250 cm³/mol. The van der Waals surface area contributed by atoms with E-state index in [2.05, 4.69) is 20.8 Å². The second-order valence-corrected chi connectivity index (χ2v) is 20.9. The summed E-state index contributed by atoms with van der Waals surface area (Å²) in [7, 11) is 0. The number of hydrogen-bond donors (Lipinski definition) is 10. The van der Waals surface area contributed by atoms with Gasteiger partial charge in [0.25, 0.3) is 5.92 Å². The van der Waals surface area contributed by atoms with Crippen LogP contribution in [0.15, 0.2) is 66.3 Å². The quantitative estimate of drug-likeness (QED) is 0.0993. The van der Waals surface area contributed by atoms with Crippen LogP contribution in [0.25, 0.3) is 0 Å². The molecule has 0 spiro atoms. The van der Waals surface area contributed by atoms with E-state index in [1.807, 2.05) is 13.0 Å². The van der Waals surface area contributed by atoms with Gasteiger partial charge in [-0.3, -0.25) is 24.0 Å². The number of alkyl carbamates (subject to hydrolysis) is 1. The highest BCUT2D eigenvalue weighted by Crippen LogP contribution is 2.65. The molecular weight excluding hydrogens is 995 g/mol. The molecule has 1 unspecified atom stereocenters. The fourth-order valence-corrected chi connectivity index (χ4v) is 12.9. The summed E-state index contributed by atoms with van der Waals surface area (Å²) in [6.07, 6.45) is -8.11. The number of nitrogens with two attached hydrogens (primary N) is 1. The van der Waals surface area contributed by atoms with Crippen LogP contribution in [-0.4, -0.2) is 146 Å². The monoisotopic (exact) mass is 1050 g/mol. The molecule has 2 aromatic rings. The zero-order valence-electron chi connectivity index (χ0n) is 40.6. The van der Waals surface area contributed by atoms with Crippen LogP contribution in [0.5, 0.6) is 5.75 Å². The summed E-state index contributed by atoms with van der Waals surface area (Å²) in [5.74, 6) is -2.75. The number of Topliss-reactive ketones (excluding diaryl/α,β-unsaturated/α-hetero) is 1. The number of aliphatic hydroxyl groups excluding tert-OH is 5. The molecule has 22 nitrogen and oxygen atoms in total. The molecule has 2 heterocycles. The molecule has 0 bridgehead atoms. The third-order valence-corrected chi connectivity index (χ3v) is 16.2. The summed E-state index contributed by atoms with van der Waals surface area (Å²) in [5, 5.41) is 70.1. The van der Waals surface area contributed by atoms with Crippen molar-refractivity contribution in [1.82, 2.24) is 10.6 Å². The van der Waals surface area contributed by atoms with Crippen LogP contribution in [0.4, 0.5) is 19.3 Å². The van der Waals surface area contributed by atoms with E-state index >= 15 is 0 Å². The molecule has 0 radical (unpaired) electrons. The number of halogens is 2. The summed E-state index contributed by atoms with van der Waals surface area (Å²) in [4.78, 5) is 80.1. The molecule has 0 aromatic heterocycles. The van der Waals surface area contributed by atoms with Gasteiger partial charge in [0.15, 0.2) is 29.6 Å². The largest absolute Gasteiger partial charge is 0.479 e. The van der Waals surface area contributed by atoms with Crippen molar-refractivity contribution in [3.63, 3.8) is 0 Å². The van der Waals surface area contributed by atoms with Crippen molar-refractivity contribution in [1.29, 1.82) is 0 Å². The van der Waals surface area contributed by atoms with Gasteiger partial charge in [-0.05, 0) is 79.4 Å². The second-order valence-electron chi connectivity index (χ2n) is 20.9. The van der Waals surface area contributed by atoms with Crippen LogP contribution >= 0.6 is 0 Å². The molecule has 7 aliphatic rings. The van der Waals surface area contributed by atoms with Gasteiger partial charge in [-0.2, -0.15) is 0 Å². The molecule has 75 heavy (non-hydrogen) atoms. The summed E-state index contributed by atoms with van der Waals surface area (Å²) >= 11 is 0. The number of alkyl halides is 2. The molecular formula is C51H60F2N4O18. The molecule has 6 fully saturated rings. The maximum absolute atomic E-state index is 14.7. The Morgan fingerprint density at radius 2 is 1.65 bits per heavy atom. The minimum atomic E-state index is -3.10. The SMILES string of the molecule is C[C@]12C=CC(=O)C=C1CC[C@@H]1[C@@H]2[C@@H](O)CC2[C@H]1C[C@H]1O[C@@H](c3ccc(CC4(NC(=O)OCc5ccc(O[C@@H]6O[C@H](C(=O)O)[C@@H](O)[C@H](O)[C@H]6O)c(NC(=O)CCNC(=O)CON)c5)CC(F)(F)C4)cc3)O[C@@]21C(=O)CO. The van der Waals surface area contributed by atoms with Crippen molar-refractivity contribution in [3.05, 3.63) is 83.0 Å². The Hall–Kier alpha value is -5.80. The molecule has 9 rings (SSSR count). The number of nitrogens with one attached hydrogen (secondary N) is 3. The van der Waals surface area contributed by atoms with E-state index in [0.29, 0.717) is 30.4 Å². The molecule has 2 aromatic carbocycles. The number of carboxylic acid groups (broad SMARTS) is 1. The lowest BCUT2D eigenvalue weighted by Crippen LogP contribution is -2.63. The fourth-order valence-electron chi connectivity index (χ4n) is 12.9. The molecule has 24 heteroatoms. The van der Waals surface area contributed by atoms with Gasteiger partial charge in [0.2, 0.25) is 18.1 Å². The summed E-state index contributed by atoms with van der Waals surface area (Å²) < 4.78 is 58.8. The third-order valence-electron chi connectivity index (χ3n) is 16.2. The fraction of sp³-hybridized carbons (Fsp3) is 0.569. The molecule has 2 aliphatic heterocycles. The minimum Gasteiger partial charge on any atom is -0.479 e. The number of allylic oxidation sites excluding steroid dienone is 4. The van der Waals surface area contributed by atoms with Gasteiger partial charge in [-0.1, -0.05) is 48.9 Å². The van der Waals surface area contributed by atoms with E-state index < -0.39 is 140 Å². The first-order valence-corrected chi connectivity index (χ1v) is 24.7. The van der Waals surface area contributed by atoms with Crippen molar-refractivity contribution in [3.8, 4) is 5.75 Å². The number of benzene rings is 2. The number of amides is 3. The van der Waals surface area contributed by atoms with Crippen molar-refractivity contribution in [2.24, 2.45) is 35.0 Å². The standard InChI is InChI=1S/C51H60F2N4O18/c1-48-12-10-28(59)15-27(48)7-8-29-30-16-36-51(35(61)19-58,31(30)17-33(60)39(29)48)75-45(73-36)26-5-2-24(3-6-26)18-49(22-50(52,53)23-49)57-47(69)70-20-25-4-9-34(32(14-25)56-37(62)11-13-55-38(63)21-71-54)72-46-42(66)40(64)41(65)43(74-46)44(67)68/h2-6,9-10,12,14-15,29-31,33,36,39-43,45-46,58,60,64-66H,7-8,11,13,16-23,54H2,1H3,(H,55,63)(H,56,62)(H,57,69)(H,67,68)/t29-,30-,31?,33-,36+,39+,40-,41-,42+,43-,45+,46+,48-,51+/m0/s1. The second kappa shape index (κ2) is 21.0. The van der Waals surface area contributed by atoms with Gasteiger partial charge in [0.1, 0.15) is 43.9 Å². The molecule has 14 atom stereocenters. The number of aliphatic carboxylic acids is 1. The number of aliphatic hydroxyl groups is 5. The van der Waals surface area contributed by atoms with Gasteiger partial charge in [0.05, 0.1) is 23.4 Å². The zero-order chi connectivity index (χ0) is 53.8. The van der Waals surface area contributed by atoms with Crippen LogP contribution in [0.3, 0.4) is 0 Å². The molecule has 4 saturated carbocycles. The number of carbonyl (C=O) groups excluding carboxylic acids is 5. The Morgan fingerprint density at radius 3 is 2.35 bits per heavy atom. The van der Waals surface area contributed by atoms with Crippen molar-refractivity contribution in [2.75, 3.05) is 25.1 Å². The van der Waals surface area contributed by atoms with Crippen LogP contribution in [0.1, 0.15) is 74.8 Å². The lowest BCUT2D eigenvalue weighted by Gasteiger charge is -2.56. The predicted octanol–water partition coefficient (Wildman–Crippen LogP) is 1.14. The Balaban J connectivity index is 0.852. The highest BCUT2D eigenvalue weighted by atomic mass is 19.3. The van der Waals surface area contributed by atoms with Gasteiger partial charge in [-0.15, -0.1) is 0 Å². The average molecular weight is 1060 g/mol. The van der Waals surface area contributed by atoms with Crippen LogP contribution in [0.2, 0.25) is 0 Å². The lowest BCUT2D eigenvalue weighted by atomic mass is 9.49. The van der Waals surface area contributed by atoms with Gasteiger partial charge in [0, 0.05) is 48.6 Å². The van der Waals surface area contributed by atoms with Gasteiger partial charge < -0.3 is 70.3 Å². The van der Waals surface area contributed by atoms with Gasteiger partial charge in [-0.25, -0.2) is 24.3 Å². The van der Waals surface area contributed by atoms with E-state index in [9.17, 15) is 68.2 Å². The van der Waals surface area contributed by atoms with E-state index in [0.717, 1.165) is 5.57 Å². The number of fused-ring (bicyclic) bond motifs is 7. The number of rotatable bonds is 17. The highest BCUT2D eigenvalue weighted by molar-refractivity contribution is 6.01. The van der Waals surface area contributed by atoms with E-state index in [1.54, 1.807) is 36.4 Å². The van der Waals surface area contributed by atoms with E-state index in [-0.39, 0.29) is 66.3 Å². The lowest BCUT2D eigenvalue weighted by molar-refractivity contribution is -0.271. The van der Waals surface area contributed by atoms with E-state index in [1.165, 1.54) is 18.2 Å². The average Bonchev–Trinajstić information content (AvgIpc) is 3.88. The molecule has 5 aliphatic carbocycles. The Bertz CT molecular complexity index is 2630. The maximum atomic E-state index is 14.7. The Kier molecular flexibility index (Phi) is 15.1. The number of ether oxygens (including phenoxy) is 5. The van der Waals surface area contributed by atoms with E-state index in [4.69, 9.17) is 29.6 Å². The van der Waals surface area contributed by atoms with Crippen molar-refractivity contribution in [2.45, 2.75) is 131 Å². The maximum Gasteiger partial charge on any atom is 0.407 e. The van der Waals surface area contributed by atoms with Crippen LogP contribution < -0.4 is 26.6 Å². The van der Waals surface area contributed by atoms with Crippen molar-refractivity contribution < 1.29 is 96.7 Å². The smallest absolute Gasteiger partial charge is 0.407 e. The first kappa shape index (κ1) is 54.0. The van der Waals surface area contributed by atoms with Crippen LogP contribution in [-0.2, 0) is 60.8 Å². The highest BCUT2D eigenvalue weighted by Gasteiger charge is 2.70. The molecule has 2 saturated heterocycles. The first-order valence-electron chi connectivity index (χ1n) is 24.7. The number of ketones is 2. The molecule has 406 valence electrons. The van der Waals surface area contributed by atoms with Crippen LogP contribution in [0, 0.1) is 29.1 Å². The van der Waals surface area contributed by atoms with Crippen molar-refractivity contribution >= 4 is 41.1 Å². The minimum absolute atomic E-state index is 0.00221. The number of anilines is 1. The molecule has 11 N–H and O–H groups in total. The number of hydrogen-bond acceptors (Lipinski definition) is 18. The Morgan fingerprint density at radius 1 is 0.920 bits per heavy atom. The topological polar surface area (TPSA) is 341 Å². The Labute approximate surface area is 427 Å². The first-order chi connectivity index (χ1) is 35.6. The zero-order valence-corrected chi connectivity index (χ0v) is 40.6. The normalized spacial score (nSPS) is 34.8. The third kappa shape index (κ3) is 10.4. The summed E-state index contributed by atoms with van der Waals surface area (Å²) in [6.45, 7) is 0.129. The summed E-state index contributed by atoms with van der Waals surface area (Å²) in [6, 6.07) is 10.6. The number of carboxylic acids is 1. The molecule has 3 amide bonds. The number of carbonyl (C=O) groups is 6. The summed E-state index contributed by atoms with van der Waals surface area (Å²) in [5.41, 5.74) is -1.36.